The summed E-state index contributed by atoms with van der Waals surface area (Å²) in [7, 11) is 0. The van der Waals surface area contributed by atoms with E-state index in [1.165, 1.54) is 16.0 Å². The third-order valence-electron chi connectivity index (χ3n) is 6.45. The molecule has 2 aliphatic rings. The summed E-state index contributed by atoms with van der Waals surface area (Å²) in [6.07, 6.45) is 5.42. The Morgan fingerprint density at radius 2 is 2.08 bits per heavy atom. The highest BCUT2D eigenvalue weighted by molar-refractivity contribution is 7.14. The smallest absolute Gasteiger partial charge is 0.196 e. The number of hydrogen-bond donors (Lipinski definition) is 1. The molecule has 0 aliphatic heterocycles. The number of hydrogen-bond acceptors (Lipinski definition) is 3. The van der Waals surface area contributed by atoms with E-state index in [2.05, 4.69) is 20.8 Å². The van der Waals surface area contributed by atoms with Crippen molar-refractivity contribution in [3.05, 3.63) is 55.8 Å². The summed E-state index contributed by atoms with van der Waals surface area (Å²) >= 11 is 1.66. The highest BCUT2D eigenvalue weighted by Gasteiger charge is 2.63. The van der Waals surface area contributed by atoms with E-state index in [0.717, 1.165) is 40.3 Å². The van der Waals surface area contributed by atoms with Gasteiger partial charge in [0, 0.05) is 4.88 Å². The first kappa shape index (κ1) is 17.5. The van der Waals surface area contributed by atoms with Gasteiger partial charge in [0.05, 0.1) is 4.88 Å². The first-order valence-corrected chi connectivity index (χ1v) is 10.2. The second-order valence-electron chi connectivity index (χ2n) is 8.39. The van der Waals surface area contributed by atoms with Crippen LogP contribution in [0, 0.1) is 25.2 Å². The van der Waals surface area contributed by atoms with Gasteiger partial charge in [0.25, 0.3) is 0 Å². The van der Waals surface area contributed by atoms with Gasteiger partial charge in [-0.2, -0.15) is 0 Å². The second kappa shape index (κ2) is 5.82. The normalized spacial score (nSPS) is 22.5. The number of allylic oxidation sites excluding steroid dienone is 1. The van der Waals surface area contributed by atoms with Crippen molar-refractivity contribution in [2.75, 3.05) is 0 Å². The summed E-state index contributed by atoms with van der Waals surface area (Å²) in [5, 5.41) is 10.1. The van der Waals surface area contributed by atoms with Gasteiger partial charge >= 0.3 is 0 Å². The molecule has 0 saturated heterocycles. The van der Waals surface area contributed by atoms with Crippen molar-refractivity contribution < 1.29 is 9.90 Å². The number of aromatic hydroxyl groups is 1. The highest BCUT2D eigenvalue weighted by atomic mass is 32.1. The van der Waals surface area contributed by atoms with Crippen molar-refractivity contribution in [3.63, 3.8) is 0 Å². The molecule has 0 radical (unpaired) electrons. The van der Waals surface area contributed by atoms with Gasteiger partial charge in [0.2, 0.25) is 0 Å². The Morgan fingerprint density at radius 3 is 2.77 bits per heavy atom. The van der Waals surface area contributed by atoms with Crippen LogP contribution in [0.5, 0.6) is 5.75 Å². The number of aryl methyl sites for hydroxylation is 3. The number of ketones is 1. The maximum atomic E-state index is 12.9. The molecule has 1 fully saturated rings. The van der Waals surface area contributed by atoms with E-state index in [-0.39, 0.29) is 5.78 Å². The molecule has 1 heterocycles. The molecular weight excluding hydrogens is 340 g/mol. The number of phenols is 1. The quantitative estimate of drug-likeness (QED) is 0.546. The van der Waals surface area contributed by atoms with Crippen LogP contribution in [-0.4, -0.2) is 10.9 Å². The minimum Gasteiger partial charge on any atom is -0.507 e. The van der Waals surface area contributed by atoms with Crippen LogP contribution in [0.3, 0.4) is 0 Å². The average molecular weight is 367 g/mol. The van der Waals surface area contributed by atoms with Crippen LogP contribution in [0.2, 0.25) is 0 Å². The molecule has 26 heavy (non-hydrogen) atoms. The summed E-state index contributed by atoms with van der Waals surface area (Å²) in [5.74, 6) is 1.86. The van der Waals surface area contributed by atoms with E-state index in [1.807, 2.05) is 32.1 Å². The van der Waals surface area contributed by atoms with Gasteiger partial charge in [0.15, 0.2) is 5.78 Å². The molecule has 2 nitrogen and oxygen atoms in total. The SMILES string of the molecule is CCc1cc(C=CC(=O)c2sc(C)c3c2C[C@@H]2[C@H]3C2(C)C)cc(C)c1O. The third kappa shape index (κ3) is 2.48. The first-order valence-electron chi connectivity index (χ1n) is 9.42. The Labute approximate surface area is 159 Å². The van der Waals surface area contributed by atoms with Crippen LogP contribution in [0.15, 0.2) is 18.2 Å². The number of carbonyl (C=O) groups excluding carboxylic acids is 1. The maximum absolute atomic E-state index is 12.9. The van der Waals surface area contributed by atoms with Crippen LogP contribution in [-0.2, 0) is 12.8 Å². The molecule has 3 heteroatoms. The monoisotopic (exact) mass is 366 g/mol. The van der Waals surface area contributed by atoms with Crippen LogP contribution < -0.4 is 0 Å². The van der Waals surface area contributed by atoms with Crippen molar-refractivity contribution in [2.45, 2.75) is 53.4 Å². The standard InChI is InChI=1S/C23H26O2S/c1-6-15-10-14(9-12(2)21(15)25)7-8-18(24)22-16-11-17-20(23(17,4)5)19(16)13(3)26-22/h7-10,17,20,25H,6,11H2,1-5H3/t17-,20-/m1/s1. The lowest BCUT2D eigenvalue weighted by atomic mass is 9.94. The molecule has 2 atom stereocenters. The minimum atomic E-state index is 0.113. The fourth-order valence-corrected chi connectivity index (χ4v) is 5.98. The zero-order chi connectivity index (χ0) is 18.8. The summed E-state index contributed by atoms with van der Waals surface area (Å²) < 4.78 is 0. The maximum Gasteiger partial charge on any atom is 0.196 e. The topological polar surface area (TPSA) is 37.3 Å². The number of phenolic OH excluding ortho intramolecular Hbond substituents is 1. The largest absolute Gasteiger partial charge is 0.507 e. The van der Waals surface area contributed by atoms with Crippen molar-refractivity contribution in [3.8, 4) is 5.75 Å². The molecule has 1 aromatic heterocycles. The van der Waals surface area contributed by atoms with Gasteiger partial charge < -0.3 is 5.11 Å². The lowest BCUT2D eigenvalue weighted by molar-refractivity contribution is 0.105. The van der Waals surface area contributed by atoms with E-state index in [9.17, 15) is 9.90 Å². The van der Waals surface area contributed by atoms with E-state index in [0.29, 0.717) is 17.1 Å². The van der Waals surface area contributed by atoms with E-state index in [1.54, 1.807) is 17.4 Å². The molecule has 2 aromatic rings. The van der Waals surface area contributed by atoms with Gasteiger partial charge in [-0.05, 0) is 90.0 Å². The van der Waals surface area contributed by atoms with Crippen LogP contribution >= 0.6 is 11.3 Å². The van der Waals surface area contributed by atoms with Crippen LogP contribution in [0.4, 0.5) is 0 Å². The zero-order valence-electron chi connectivity index (χ0n) is 16.1. The third-order valence-corrected chi connectivity index (χ3v) is 7.63. The Morgan fingerprint density at radius 1 is 1.35 bits per heavy atom. The zero-order valence-corrected chi connectivity index (χ0v) is 17.0. The fraction of sp³-hybridized carbons (Fsp3) is 0.435. The van der Waals surface area contributed by atoms with Crippen molar-refractivity contribution in [2.24, 2.45) is 11.3 Å². The molecule has 2 aliphatic carbocycles. The van der Waals surface area contributed by atoms with Gasteiger partial charge in [-0.25, -0.2) is 0 Å². The van der Waals surface area contributed by atoms with Crippen molar-refractivity contribution >= 4 is 23.2 Å². The Hall–Kier alpha value is -1.87. The van der Waals surface area contributed by atoms with Gasteiger partial charge in [-0.1, -0.05) is 26.8 Å². The Kier molecular flexibility index (Phi) is 3.92. The summed E-state index contributed by atoms with van der Waals surface area (Å²) in [6.45, 7) is 10.8. The predicted molar refractivity (Wildman–Crippen MR) is 108 cm³/mol. The summed E-state index contributed by atoms with van der Waals surface area (Å²) in [4.78, 5) is 15.1. The van der Waals surface area contributed by atoms with Crippen molar-refractivity contribution in [1.29, 1.82) is 0 Å². The molecule has 0 amide bonds. The molecule has 0 spiro atoms. The number of thiophene rings is 1. The number of benzene rings is 1. The molecule has 1 saturated carbocycles. The molecule has 4 rings (SSSR count). The number of rotatable bonds is 4. The molecule has 1 aromatic carbocycles. The predicted octanol–water partition coefficient (Wildman–Crippen LogP) is 5.82. The van der Waals surface area contributed by atoms with Crippen LogP contribution in [0.1, 0.15) is 69.1 Å². The van der Waals surface area contributed by atoms with Gasteiger partial charge in [0.1, 0.15) is 5.75 Å². The number of carbonyl (C=O) groups is 1. The fourth-order valence-electron chi connectivity index (χ4n) is 4.83. The van der Waals surface area contributed by atoms with Crippen LogP contribution in [0.25, 0.3) is 6.08 Å². The second-order valence-corrected chi connectivity index (χ2v) is 9.61. The molecule has 0 bridgehead atoms. The number of fused-ring (bicyclic) bond motifs is 3. The Balaban J connectivity index is 1.61. The van der Waals surface area contributed by atoms with Crippen molar-refractivity contribution in [1.82, 2.24) is 0 Å². The van der Waals surface area contributed by atoms with E-state index in [4.69, 9.17) is 0 Å². The highest BCUT2D eigenvalue weighted by Crippen LogP contribution is 2.71. The average Bonchev–Trinajstić information content (AvgIpc) is 2.95. The molecule has 0 unspecified atom stereocenters. The summed E-state index contributed by atoms with van der Waals surface area (Å²) in [6, 6.07) is 3.90. The van der Waals surface area contributed by atoms with Gasteiger partial charge in [-0.3, -0.25) is 4.79 Å². The molecule has 136 valence electrons. The van der Waals surface area contributed by atoms with E-state index < -0.39 is 0 Å². The lowest BCUT2D eigenvalue weighted by Crippen LogP contribution is -2.03. The first-order chi connectivity index (χ1) is 12.3. The van der Waals surface area contributed by atoms with Gasteiger partial charge in [-0.15, -0.1) is 11.3 Å². The lowest BCUT2D eigenvalue weighted by Gasteiger charge is -2.09. The Bertz CT molecular complexity index is 946. The van der Waals surface area contributed by atoms with E-state index >= 15 is 0 Å². The minimum absolute atomic E-state index is 0.113. The molecular formula is C23H26O2S. The molecule has 1 N–H and O–H groups in total. The summed E-state index contributed by atoms with van der Waals surface area (Å²) in [5.41, 5.74) is 5.94.